The van der Waals surface area contributed by atoms with Gasteiger partial charge in [0.25, 0.3) is 0 Å². The fourth-order valence-electron chi connectivity index (χ4n) is 4.07. The van der Waals surface area contributed by atoms with Crippen molar-refractivity contribution in [3.05, 3.63) is 23.2 Å². The van der Waals surface area contributed by atoms with E-state index >= 15 is 0 Å². The standard InChI is InChI=1S/C20H27ClN4O/c1-24(20(15-22)9-3-2-4-10-20)19(26)14-23-17-13-16(21)7-8-18(17)25-11-5-6-12-25/h7-8,13,23H,2-6,9-12,14H2,1H3. The van der Waals surface area contributed by atoms with Gasteiger partial charge in [0.2, 0.25) is 5.91 Å². The molecule has 2 fully saturated rings. The lowest BCUT2D eigenvalue weighted by Crippen LogP contribution is -2.51. The maximum atomic E-state index is 12.8. The summed E-state index contributed by atoms with van der Waals surface area (Å²) in [7, 11) is 1.76. The minimum Gasteiger partial charge on any atom is -0.374 e. The Bertz CT molecular complexity index is 688. The molecule has 1 saturated carbocycles. The van der Waals surface area contributed by atoms with E-state index < -0.39 is 5.54 Å². The minimum absolute atomic E-state index is 0.0548. The Labute approximate surface area is 160 Å². The van der Waals surface area contributed by atoms with Crippen LogP contribution in [-0.4, -0.2) is 43.0 Å². The highest BCUT2D eigenvalue weighted by Crippen LogP contribution is 2.33. The average molecular weight is 375 g/mol. The predicted octanol–water partition coefficient (Wildman–Crippen LogP) is 4.04. The van der Waals surface area contributed by atoms with E-state index in [2.05, 4.69) is 16.3 Å². The van der Waals surface area contributed by atoms with Gasteiger partial charge in [-0.1, -0.05) is 30.9 Å². The first-order valence-electron chi connectivity index (χ1n) is 9.52. The summed E-state index contributed by atoms with van der Waals surface area (Å²) in [6.45, 7) is 2.23. The zero-order valence-corrected chi connectivity index (χ0v) is 16.2. The van der Waals surface area contributed by atoms with E-state index in [1.165, 1.54) is 12.8 Å². The third-order valence-corrected chi connectivity index (χ3v) is 5.98. The second kappa shape index (κ2) is 8.18. The number of carbonyl (C=O) groups excluding carboxylic acids is 1. The van der Waals surface area contributed by atoms with Crippen molar-refractivity contribution in [3.63, 3.8) is 0 Å². The molecule has 3 rings (SSSR count). The summed E-state index contributed by atoms with van der Waals surface area (Å²) in [6.07, 6.45) is 7.07. The number of nitriles is 1. The Hall–Kier alpha value is -1.93. The van der Waals surface area contributed by atoms with Crippen LogP contribution < -0.4 is 10.2 Å². The predicted molar refractivity (Wildman–Crippen MR) is 106 cm³/mol. The van der Waals surface area contributed by atoms with E-state index in [0.717, 1.165) is 56.6 Å². The molecule has 0 unspecified atom stereocenters. The van der Waals surface area contributed by atoms with Crippen molar-refractivity contribution in [2.45, 2.75) is 50.5 Å². The lowest BCUT2D eigenvalue weighted by Gasteiger charge is -2.39. The maximum Gasteiger partial charge on any atom is 0.242 e. The molecule has 0 atom stereocenters. The molecule has 2 aliphatic rings. The van der Waals surface area contributed by atoms with Gasteiger partial charge in [0.1, 0.15) is 5.54 Å². The second-order valence-electron chi connectivity index (χ2n) is 7.37. The number of likely N-dealkylation sites (N-methyl/N-ethyl adjacent to an activating group) is 1. The Morgan fingerprint density at radius 1 is 1.27 bits per heavy atom. The Morgan fingerprint density at radius 2 is 1.96 bits per heavy atom. The van der Waals surface area contributed by atoms with Gasteiger partial charge in [0, 0.05) is 25.2 Å². The fourth-order valence-corrected chi connectivity index (χ4v) is 4.24. The van der Waals surface area contributed by atoms with Crippen LogP contribution in [0.2, 0.25) is 5.02 Å². The number of halogens is 1. The van der Waals surface area contributed by atoms with Crippen molar-refractivity contribution in [3.8, 4) is 6.07 Å². The van der Waals surface area contributed by atoms with Gasteiger partial charge in [-0.15, -0.1) is 0 Å². The molecule has 1 aliphatic carbocycles. The van der Waals surface area contributed by atoms with Gasteiger partial charge in [-0.2, -0.15) is 5.26 Å². The number of nitrogens with zero attached hydrogens (tertiary/aromatic N) is 3. The summed E-state index contributed by atoms with van der Waals surface area (Å²) in [5.41, 5.74) is 1.33. The van der Waals surface area contributed by atoms with E-state index in [1.807, 2.05) is 18.2 Å². The summed E-state index contributed by atoms with van der Waals surface area (Å²) >= 11 is 6.17. The van der Waals surface area contributed by atoms with Crippen LogP contribution in [0.25, 0.3) is 0 Å². The molecule has 1 amide bonds. The summed E-state index contributed by atoms with van der Waals surface area (Å²) in [4.78, 5) is 16.7. The molecule has 1 N–H and O–H groups in total. The van der Waals surface area contributed by atoms with E-state index in [9.17, 15) is 10.1 Å². The first kappa shape index (κ1) is 18.8. The quantitative estimate of drug-likeness (QED) is 0.845. The second-order valence-corrected chi connectivity index (χ2v) is 7.80. The summed E-state index contributed by atoms with van der Waals surface area (Å²) in [5, 5.41) is 13.6. The monoisotopic (exact) mass is 374 g/mol. The number of amides is 1. The number of hydrogen-bond acceptors (Lipinski definition) is 4. The summed E-state index contributed by atoms with van der Waals surface area (Å²) in [6, 6.07) is 8.19. The van der Waals surface area contributed by atoms with Crippen LogP contribution in [0.15, 0.2) is 18.2 Å². The van der Waals surface area contributed by atoms with Gasteiger partial charge >= 0.3 is 0 Å². The number of benzene rings is 1. The van der Waals surface area contributed by atoms with E-state index in [1.54, 1.807) is 11.9 Å². The zero-order valence-electron chi connectivity index (χ0n) is 15.4. The van der Waals surface area contributed by atoms with Crippen LogP contribution in [-0.2, 0) is 4.79 Å². The molecular formula is C20H27ClN4O. The third kappa shape index (κ3) is 3.91. The highest BCUT2D eigenvalue weighted by molar-refractivity contribution is 6.31. The highest BCUT2D eigenvalue weighted by atomic mass is 35.5. The molecule has 5 nitrogen and oxygen atoms in total. The Balaban J connectivity index is 1.69. The lowest BCUT2D eigenvalue weighted by molar-refractivity contribution is -0.132. The van der Waals surface area contributed by atoms with E-state index in [4.69, 9.17) is 11.6 Å². The lowest BCUT2D eigenvalue weighted by atomic mass is 9.81. The fraction of sp³-hybridized carbons (Fsp3) is 0.600. The van der Waals surface area contributed by atoms with Crippen molar-refractivity contribution in [2.75, 3.05) is 36.9 Å². The number of carbonyl (C=O) groups is 1. The first-order chi connectivity index (χ1) is 12.6. The largest absolute Gasteiger partial charge is 0.374 e. The number of anilines is 2. The number of rotatable bonds is 5. The van der Waals surface area contributed by atoms with Gasteiger partial charge < -0.3 is 15.1 Å². The molecule has 6 heteroatoms. The van der Waals surface area contributed by atoms with Gasteiger partial charge in [0.05, 0.1) is 24.0 Å². The third-order valence-electron chi connectivity index (χ3n) is 5.74. The van der Waals surface area contributed by atoms with Crippen LogP contribution in [0, 0.1) is 11.3 Å². The van der Waals surface area contributed by atoms with Crippen molar-refractivity contribution in [2.24, 2.45) is 0 Å². The minimum atomic E-state index is -0.650. The van der Waals surface area contributed by atoms with Gasteiger partial charge in [0.15, 0.2) is 0 Å². The molecule has 1 aromatic carbocycles. The highest BCUT2D eigenvalue weighted by Gasteiger charge is 2.38. The van der Waals surface area contributed by atoms with Crippen LogP contribution in [0.4, 0.5) is 11.4 Å². The molecule has 0 aromatic heterocycles. The Kier molecular flexibility index (Phi) is 5.93. The summed E-state index contributed by atoms with van der Waals surface area (Å²) < 4.78 is 0. The Morgan fingerprint density at radius 3 is 2.62 bits per heavy atom. The number of hydrogen-bond donors (Lipinski definition) is 1. The molecule has 1 aliphatic heterocycles. The SMILES string of the molecule is CN(C(=O)CNc1cc(Cl)ccc1N1CCCC1)C1(C#N)CCCCC1. The van der Waals surface area contributed by atoms with E-state index in [0.29, 0.717) is 5.02 Å². The van der Waals surface area contributed by atoms with Crippen molar-refractivity contribution >= 4 is 28.9 Å². The summed E-state index contributed by atoms with van der Waals surface area (Å²) in [5.74, 6) is -0.0548. The molecule has 1 aromatic rings. The molecule has 1 heterocycles. The molecule has 0 radical (unpaired) electrons. The molecule has 1 saturated heterocycles. The molecule has 26 heavy (non-hydrogen) atoms. The van der Waals surface area contributed by atoms with Crippen molar-refractivity contribution in [1.82, 2.24) is 4.90 Å². The van der Waals surface area contributed by atoms with Crippen LogP contribution in [0.1, 0.15) is 44.9 Å². The van der Waals surface area contributed by atoms with Gasteiger partial charge in [-0.25, -0.2) is 0 Å². The van der Waals surface area contributed by atoms with Crippen LogP contribution in [0.3, 0.4) is 0 Å². The smallest absolute Gasteiger partial charge is 0.242 e. The normalized spacial score (nSPS) is 19.0. The van der Waals surface area contributed by atoms with Gasteiger partial charge in [-0.05, 0) is 43.9 Å². The van der Waals surface area contributed by atoms with Crippen molar-refractivity contribution < 1.29 is 4.79 Å². The maximum absolute atomic E-state index is 12.8. The van der Waals surface area contributed by atoms with Crippen LogP contribution in [0.5, 0.6) is 0 Å². The number of nitrogens with one attached hydrogen (secondary N) is 1. The molecule has 0 spiro atoms. The average Bonchev–Trinajstić information content (AvgIpc) is 3.20. The van der Waals surface area contributed by atoms with Gasteiger partial charge in [-0.3, -0.25) is 4.79 Å². The molecular weight excluding hydrogens is 348 g/mol. The van der Waals surface area contributed by atoms with E-state index in [-0.39, 0.29) is 12.5 Å². The van der Waals surface area contributed by atoms with Crippen molar-refractivity contribution in [1.29, 1.82) is 5.26 Å². The van der Waals surface area contributed by atoms with Crippen LogP contribution >= 0.6 is 11.6 Å². The first-order valence-corrected chi connectivity index (χ1v) is 9.90. The molecule has 0 bridgehead atoms. The topological polar surface area (TPSA) is 59.4 Å². The molecule has 140 valence electrons. The zero-order chi connectivity index (χ0) is 18.6.